The number of amides is 2. The molecule has 0 heterocycles. The molecule has 132 valence electrons. The van der Waals surface area contributed by atoms with E-state index in [0.717, 1.165) is 11.3 Å². The first-order chi connectivity index (χ1) is 11.9. The topological polar surface area (TPSA) is 61.4 Å². The molecule has 0 bridgehead atoms. The number of hydrogen-bond acceptors (Lipinski definition) is 3. The lowest BCUT2D eigenvalue weighted by molar-refractivity contribution is -0.120. The van der Waals surface area contributed by atoms with Crippen LogP contribution in [-0.2, 0) is 4.79 Å². The van der Waals surface area contributed by atoms with Crippen molar-refractivity contribution in [2.24, 2.45) is 0 Å². The highest BCUT2D eigenvalue weighted by molar-refractivity contribution is 5.96. The molecule has 0 spiro atoms. The van der Waals surface area contributed by atoms with Gasteiger partial charge in [-0.1, -0.05) is 18.2 Å². The summed E-state index contributed by atoms with van der Waals surface area (Å²) in [7, 11) is 3.88. The largest absolute Gasteiger partial charge is 0.377 e. The number of nitrogens with one attached hydrogen (secondary N) is 2. The molecule has 6 heteroatoms. The molecule has 0 saturated heterocycles. The smallest absolute Gasteiger partial charge is 0.251 e. The Hall–Kier alpha value is -2.89. The summed E-state index contributed by atoms with van der Waals surface area (Å²) in [6, 6.07) is 12.7. The molecule has 1 unspecified atom stereocenters. The lowest BCUT2D eigenvalue weighted by Crippen LogP contribution is -2.38. The van der Waals surface area contributed by atoms with Gasteiger partial charge in [0.25, 0.3) is 5.91 Å². The summed E-state index contributed by atoms with van der Waals surface area (Å²) in [6.45, 7) is 1.74. The third-order valence-corrected chi connectivity index (χ3v) is 3.78. The molecule has 2 aromatic carbocycles. The highest BCUT2D eigenvalue weighted by Crippen LogP contribution is 2.24. The van der Waals surface area contributed by atoms with E-state index < -0.39 is 11.7 Å². The Balaban J connectivity index is 1.92. The van der Waals surface area contributed by atoms with Crippen molar-refractivity contribution in [1.82, 2.24) is 10.6 Å². The average molecular weight is 343 g/mol. The number of carbonyl (C=O) groups excluding carboxylic acids is 2. The van der Waals surface area contributed by atoms with Crippen LogP contribution < -0.4 is 15.5 Å². The number of carbonyl (C=O) groups is 2. The van der Waals surface area contributed by atoms with Crippen molar-refractivity contribution in [3.63, 3.8) is 0 Å². The minimum absolute atomic E-state index is 0.148. The molecule has 0 aliphatic rings. The number of anilines is 1. The van der Waals surface area contributed by atoms with Gasteiger partial charge < -0.3 is 15.5 Å². The van der Waals surface area contributed by atoms with Gasteiger partial charge in [-0.25, -0.2) is 4.39 Å². The van der Waals surface area contributed by atoms with E-state index in [1.165, 1.54) is 24.3 Å². The van der Waals surface area contributed by atoms with Gasteiger partial charge in [-0.3, -0.25) is 9.59 Å². The SMILES string of the molecule is CC(NC(=O)CNC(=O)c1ccc(F)cc1)c1ccccc1N(C)C. The molecule has 0 radical (unpaired) electrons. The number of benzene rings is 2. The predicted molar refractivity (Wildman–Crippen MR) is 96.1 cm³/mol. The maximum absolute atomic E-state index is 12.9. The molecular formula is C19H22FN3O2. The first-order valence-corrected chi connectivity index (χ1v) is 7.98. The highest BCUT2D eigenvalue weighted by atomic mass is 19.1. The monoisotopic (exact) mass is 343 g/mol. The molecule has 2 rings (SSSR count). The molecule has 0 aromatic heterocycles. The van der Waals surface area contributed by atoms with E-state index in [2.05, 4.69) is 10.6 Å². The van der Waals surface area contributed by atoms with Crippen LogP contribution in [0.25, 0.3) is 0 Å². The molecule has 0 saturated carbocycles. The number of rotatable bonds is 6. The molecule has 25 heavy (non-hydrogen) atoms. The van der Waals surface area contributed by atoms with Crippen LogP contribution in [-0.4, -0.2) is 32.5 Å². The van der Waals surface area contributed by atoms with Crippen molar-refractivity contribution in [1.29, 1.82) is 0 Å². The lowest BCUT2D eigenvalue weighted by Gasteiger charge is -2.22. The van der Waals surface area contributed by atoms with Crippen molar-refractivity contribution in [3.8, 4) is 0 Å². The zero-order valence-electron chi connectivity index (χ0n) is 14.5. The van der Waals surface area contributed by atoms with E-state index in [1.54, 1.807) is 0 Å². The zero-order chi connectivity index (χ0) is 18.4. The van der Waals surface area contributed by atoms with Gasteiger partial charge in [0.2, 0.25) is 5.91 Å². The summed E-state index contributed by atoms with van der Waals surface area (Å²) < 4.78 is 12.9. The number of para-hydroxylation sites is 1. The summed E-state index contributed by atoms with van der Waals surface area (Å²) >= 11 is 0. The molecule has 0 aliphatic heterocycles. The minimum Gasteiger partial charge on any atom is -0.377 e. The molecule has 1 atom stereocenters. The molecule has 5 nitrogen and oxygen atoms in total. The van der Waals surface area contributed by atoms with Crippen LogP contribution in [0.4, 0.5) is 10.1 Å². The van der Waals surface area contributed by atoms with Crippen molar-refractivity contribution in [2.75, 3.05) is 25.5 Å². The average Bonchev–Trinajstić information content (AvgIpc) is 2.60. The summed E-state index contributed by atoms with van der Waals surface area (Å²) in [6.07, 6.45) is 0. The Morgan fingerprint density at radius 3 is 2.36 bits per heavy atom. The first kappa shape index (κ1) is 18.4. The van der Waals surface area contributed by atoms with Crippen molar-refractivity contribution >= 4 is 17.5 Å². The molecule has 2 aromatic rings. The van der Waals surface area contributed by atoms with E-state index >= 15 is 0 Å². The van der Waals surface area contributed by atoms with Gasteiger partial charge >= 0.3 is 0 Å². The van der Waals surface area contributed by atoms with E-state index in [1.807, 2.05) is 50.2 Å². The Kier molecular flexibility index (Phi) is 6.11. The number of halogens is 1. The van der Waals surface area contributed by atoms with Gasteiger partial charge in [-0.2, -0.15) is 0 Å². The van der Waals surface area contributed by atoms with Crippen LogP contribution >= 0.6 is 0 Å². The van der Waals surface area contributed by atoms with Crippen LogP contribution in [0, 0.1) is 5.82 Å². The number of nitrogens with zero attached hydrogens (tertiary/aromatic N) is 1. The van der Waals surface area contributed by atoms with Gasteiger partial charge in [0.05, 0.1) is 12.6 Å². The maximum atomic E-state index is 12.9. The second-order valence-electron chi connectivity index (χ2n) is 5.93. The Bertz CT molecular complexity index is 745. The third-order valence-electron chi connectivity index (χ3n) is 3.78. The van der Waals surface area contributed by atoms with Gasteiger partial charge in [0, 0.05) is 25.3 Å². The molecule has 2 amide bonds. The molecule has 0 fully saturated rings. The van der Waals surface area contributed by atoms with Gasteiger partial charge in [0.15, 0.2) is 0 Å². The van der Waals surface area contributed by atoms with E-state index in [4.69, 9.17) is 0 Å². The summed E-state index contributed by atoms with van der Waals surface area (Å²) in [5.74, 6) is -1.13. The minimum atomic E-state index is -0.420. The Morgan fingerprint density at radius 2 is 1.72 bits per heavy atom. The standard InChI is InChI=1S/C19H22FN3O2/c1-13(16-6-4-5-7-17(16)23(2)3)22-18(24)12-21-19(25)14-8-10-15(20)11-9-14/h4-11,13H,12H2,1-3H3,(H,21,25)(H,22,24). The lowest BCUT2D eigenvalue weighted by atomic mass is 10.1. The van der Waals surface area contributed by atoms with E-state index in [9.17, 15) is 14.0 Å². The zero-order valence-corrected chi connectivity index (χ0v) is 14.5. The molecular weight excluding hydrogens is 321 g/mol. The van der Waals surface area contributed by atoms with E-state index in [-0.39, 0.29) is 18.5 Å². The van der Waals surface area contributed by atoms with Crippen molar-refractivity contribution in [3.05, 3.63) is 65.5 Å². The van der Waals surface area contributed by atoms with Gasteiger partial charge in [-0.15, -0.1) is 0 Å². The van der Waals surface area contributed by atoms with Gasteiger partial charge in [-0.05, 0) is 42.8 Å². The summed E-state index contributed by atoms with van der Waals surface area (Å²) in [5.41, 5.74) is 2.32. The number of hydrogen-bond donors (Lipinski definition) is 2. The van der Waals surface area contributed by atoms with Crippen LogP contribution in [0.15, 0.2) is 48.5 Å². The quantitative estimate of drug-likeness (QED) is 0.847. The fraction of sp³-hybridized carbons (Fsp3) is 0.263. The fourth-order valence-electron chi connectivity index (χ4n) is 2.50. The second kappa shape index (κ2) is 8.28. The molecule has 2 N–H and O–H groups in total. The van der Waals surface area contributed by atoms with Crippen LogP contribution in [0.1, 0.15) is 28.9 Å². The Morgan fingerprint density at radius 1 is 1.08 bits per heavy atom. The third kappa shape index (κ3) is 5.04. The highest BCUT2D eigenvalue weighted by Gasteiger charge is 2.15. The van der Waals surface area contributed by atoms with Gasteiger partial charge in [0.1, 0.15) is 5.82 Å². The normalized spacial score (nSPS) is 11.5. The van der Waals surface area contributed by atoms with Crippen LogP contribution in [0.2, 0.25) is 0 Å². The van der Waals surface area contributed by atoms with Crippen LogP contribution in [0.5, 0.6) is 0 Å². The Labute approximate surface area is 146 Å². The predicted octanol–water partition coefficient (Wildman–Crippen LogP) is 2.50. The first-order valence-electron chi connectivity index (χ1n) is 7.98. The maximum Gasteiger partial charge on any atom is 0.251 e. The van der Waals surface area contributed by atoms with Crippen molar-refractivity contribution < 1.29 is 14.0 Å². The fourth-order valence-corrected chi connectivity index (χ4v) is 2.50. The summed E-state index contributed by atoms with van der Waals surface area (Å²) in [5, 5.41) is 5.40. The van der Waals surface area contributed by atoms with Crippen molar-refractivity contribution in [2.45, 2.75) is 13.0 Å². The molecule has 0 aliphatic carbocycles. The second-order valence-corrected chi connectivity index (χ2v) is 5.93. The van der Waals surface area contributed by atoms with Crippen LogP contribution in [0.3, 0.4) is 0 Å². The summed E-state index contributed by atoms with van der Waals surface area (Å²) in [4.78, 5) is 26.0. The van der Waals surface area contributed by atoms with E-state index in [0.29, 0.717) is 5.56 Å².